The monoisotopic (exact) mass is 688 g/mol. The molecule has 0 unspecified atom stereocenters. The van der Waals surface area contributed by atoms with Gasteiger partial charge in [-0.3, -0.25) is 0 Å². The van der Waals surface area contributed by atoms with Crippen molar-refractivity contribution < 1.29 is 14.8 Å². The van der Waals surface area contributed by atoms with Gasteiger partial charge in [0.15, 0.2) is 0 Å². The van der Waals surface area contributed by atoms with Crippen LogP contribution in [0.15, 0.2) is 42.5 Å². The average Bonchev–Trinajstić information content (AvgIpc) is 2.61. The first kappa shape index (κ1) is 20.8. The first-order valence-electron chi connectivity index (χ1n) is 8.77. The quantitative estimate of drug-likeness (QED) is 0.289. The van der Waals surface area contributed by atoms with E-state index in [1.54, 1.807) is 0 Å². The van der Waals surface area contributed by atoms with E-state index < -0.39 is 5.60 Å². The Hall–Kier alpha value is 0.0600. The average molecular weight is 688 g/mol. The van der Waals surface area contributed by atoms with Crippen LogP contribution in [0.4, 0.5) is 0 Å². The zero-order valence-corrected chi connectivity index (χ0v) is 20.8. The van der Waals surface area contributed by atoms with Gasteiger partial charge in [-0.25, -0.2) is 4.79 Å². The molecule has 0 radical (unpaired) electrons. The summed E-state index contributed by atoms with van der Waals surface area (Å²) in [6.45, 7) is 2.18. The van der Waals surface area contributed by atoms with Gasteiger partial charge in [0.2, 0.25) is 0 Å². The minimum Gasteiger partial charge on any atom is -0.451 e. The molecule has 2 aromatic carbocycles. The van der Waals surface area contributed by atoms with Gasteiger partial charge in [0.25, 0.3) is 0 Å². The van der Waals surface area contributed by atoms with Crippen LogP contribution >= 0.6 is 67.8 Å². The van der Waals surface area contributed by atoms with Gasteiger partial charge in [-0.1, -0.05) is 30.3 Å². The maximum Gasteiger partial charge on any atom is 0.340 e. The van der Waals surface area contributed by atoms with E-state index in [0.717, 1.165) is 55.0 Å². The largest absolute Gasteiger partial charge is 0.451 e. The molecule has 2 N–H and O–H groups in total. The molecule has 0 aromatic heterocycles. The zero-order chi connectivity index (χ0) is 18.6. The topological polar surface area (TPSA) is 42.9 Å². The van der Waals surface area contributed by atoms with E-state index in [-0.39, 0.29) is 5.97 Å². The fourth-order valence-electron chi connectivity index (χ4n) is 3.46. The summed E-state index contributed by atoms with van der Waals surface area (Å²) >= 11 is 6.79. The Balaban J connectivity index is 1.97. The second kappa shape index (κ2) is 9.51. The highest BCUT2D eigenvalue weighted by molar-refractivity contribution is 14.1. The molecular formula is C20H21I3NO2+. The Kier molecular flexibility index (Phi) is 7.60. The predicted octanol–water partition coefficient (Wildman–Crippen LogP) is 4.69. The molecule has 0 atom stereocenters. The predicted molar refractivity (Wildman–Crippen MR) is 128 cm³/mol. The summed E-state index contributed by atoms with van der Waals surface area (Å²) in [5.41, 5.74) is 1.26. The molecule has 1 aliphatic rings. The van der Waals surface area contributed by atoms with E-state index in [0.29, 0.717) is 5.56 Å². The van der Waals surface area contributed by atoms with Crippen molar-refractivity contribution in [3.8, 4) is 0 Å². The zero-order valence-electron chi connectivity index (χ0n) is 14.3. The molecule has 138 valence electrons. The number of ether oxygens (including phenoxy) is 1. The maximum atomic E-state index is 13.2. The molecule has 0 saturated carbocycles. The Bertz CT molecular complexity index is 772. The fraction of sp³-hybridized carbons (Fsp3) is 0.350. The summed E-state index contributed by atoms with van der Waals surface area (Å²) in [7, 11) is 0. The maximum absolute atomic E-state index is 13.2. The van der Waals surface area contributed by atoms with Crippen molar-refractivity contribution in [3.63, 3.8) is 0 Å². The van der Waals surface area contributed by atoms with Crippen LogP contribution in [-0.4, -0.2) is 19.1 Å². The van der Waals surface area contributed by atoms with Crippen molar-refractivity contribution in [3.05, 3.63) is 64.3 Å². The molecule has 2 aromatic rings. The third kappa shape index (κ3) is 4.91. The summed E-state index contributed by atoms with van der Waals surface area (Å²) in [6, 6.07) is 14.3. The molecular weight excluding hydrogens is 667 g/mol. The number of hydrogen-bond acceptors (Lipinski definition) is 2. The van der Waals surface area contributed by atoms with Gasteiger partial charge in [0.05, 0.1) is 18.7 Å². The lowest BCUT2D eigenvalue weighted by atomic mass is 9.83. The lowest BCUT2D eigenvalue weighted by molar-refractivity contribution is -0.657. The van der Waals surface area contributed by atoms with Gasteiger partial charge in [-0.05, 0) is 98.3 Å². The highest BCUT2D eigenvalue weighted by atomic mass is 127. The van der Waals surface area contributed by atoms with Crippen LogP contribution < -0.4 is 5.32 Å². The molecule has 26 heavy (non-hydrogen) atoms. The van der Waals surface area contributed by atoms with E-state index in [1.165, 1.54) is 0 Å². The lowest BCUT2D eigenvalue weighted by Crippen LogP contribution is -2.84. The number of esters is 1. The SMILES string of the molecule is O=C(OC1(c2ccccc2)CCC[NH2+]CCC1)c1cc(I)cc(I)c1I. The molecule has 0 aliphatic carbocycles. The first-order chi connectivity index (χ1) is 12.5. The molecule has 0 spiro atoms. The molecule has 1 fully saturated rings. The number of carbonyl (C=O) groups excluding carboxylic acids is 1. The molecule has 1 aliphatic heterocycles. The normalized spacial score (nSPS) is 17.2. The Morgan fingerprint density at radius 2 is 1.65 bits per heavy atom. The van der Waals surface area contributed by atoms with Crippen molar-refractivity contribution in [2.75, 3.05) is 13.1 Å². The molecule has 3 rings (SSSR count). The van der Waals surface area contributed by atoms with E-state index in [1.807, 2.05) is 24.3 Å². The standard InChI is InChI=1S/C20H20I3NO2/c21-15-12-16(18(23)17(22)13-15)19(25)26-20(14-6-2-1-3-7-14)8-4-10-24-11-5-9-20/h1-3,6-7,12-13,24H,4-5,8-11H2/p+1. The van der Waals surface area contributed by atoms with Gasteiger partial charge < -0.3 is 10.1 Å². The van der Waals surface area contributed by atoms with Crippen molar-refractivity contribution in [2.24, 2.45) is 0 Å². The number of rotatable bonds is 3. The third-order valence-electron chi connectivity index (χ3n) is 4.78. The van der Waals surface area contributed by atoms with Crippen LogP contribution in [0.1, 0.15) is 41.6 Å². The second-order valence-corrected chi connectivity index (χ2v) is 10.1. The van der Waals surface area contributed by atoms with Crippen LogP contribution in [0.3, 0.4) is 0 Å². The number of nitrogens with two attached hydrogens (primary N) is 1. The lowest BCUT2D eigenvalue weighted by Gasteiger charge is -2.35. The van der Waals surface area contributed by atoms with Crippen LogP contribution in [0, 0.1) is 10.7 Å². The van der Waals surface area contributed by atoms with Crippen LogP contribution in [-0.2, 0) is 10.3 Å². The van der Waals surface area contributed by atoms with Crippen molar-refractivity contribution in [2.45, 2.75) is 31.3 Å². The van der Waals surface area contributed by atoms with Gasteiger partial charge in [-0.15, -0.1) is 0 Å². The van der Waals surface area contributed by atoms with Crippen molar-refractivity contribution >= 4 is 73.7 Å². The number of benzene rings is 2. The Morgan fingerprint density at radius 1 is 1.00 bits per heavy atom. The molecule has 0 bridgehead atoms. The summed E-state index contributed by atoms with van der Waals surface area (Å²) in [5.74, 6) is -0.209. The van der Waals surface area contributed by atoms with E-state index in [4.69, 9.17) is 4.74 Å². The first-order valence-corrected chi connectivity index (χ1v) is 12.0. The number of carbonyl (C=O) groups is 1. The Morgan fingerprint density at radius 3 is 2.31 bits per heavy atom. The Labute approximate surface area is 195 Å². The summed E-state index contributed by atoms with van der Waals surface area (Å²) in [6.07, 6.45) is 3.83. The molecule has 0 amide bonds. The van der Waals surface area contributed by atoms with Crippen LogP contribution in [0.5, 0.6) is 0 Å². The van der Waals surface area contributed by atoms with Gasteiger partial charge in [0, 0.05) is 23.6 Å². The minimum absolute atomic E-state index is 0.209. The summed E-state index contributed by atoms with van der Waals surface area (Å²) in [5, 5.41) is 2.36. The van der Waals surface area contributed by atoms with Crippen molar-refractivity contribution in [1.82, 2.24) is 0 Å². The summed E-state index contributed by atoms with van der Waals surface area (Å²) in [4.78, 5) is 13.2. The molecule has 3 nitrogen and oxygen atoms in total. The van der Waals surface area contributed by atoms with Gasteiger partial charge in [0.1, 0.15) is 5.60 Å². The minimum atomic E-state index is -0.525. The highest BCUT2D eigenvalue weighted by Crippen LogP contribution is 2.37. The molecule has 6 heteroatoms. The van der Waals surface area contributed by atoms with Gasteiger partial charge >= 0.3 is 5.97 Å². The van der Waals surface area contributed by atoms with Crippen LogP contribution in [0.25, 0.3) is 0 Å². The van der Waals surface area contributed by atoms with E-state index in [9.17, 15) is 4.79 Å². The van der Waals surface area contributed by atoms with Crippen LogP contribution in [0.2, 0.25) is 0 Å². The third-order valence-corrected chi connectivity index (χ3v) is 8.45. The second-order valence-electron chi connectivity index (χ2n) is 6.57. The summed E-state index contributed by atoms with van der Waals surface area (Å²) < 4.78 is 9.42. The highest BCUT2D eigenvalue weighted by Gasteiger charge is 2.37. The van der Waals surface area contributed by atoms with E-state index >= 15 is 0 Å². The molecule has 1 heterocycles. The number of hydrogen-bond donors (Lipinski definition) is 1. The fourth-order valence-corrected chi connectivity index (χ4v) is 5.84. The number of quaternary nitrogens is 1. The van der Waals surface area contributed by atoms with Gasteiger partial charge in [-0.2, -0.15) is 0 Å². The number of halogens is 3. The van der Waals surface area contributed by atoms with Crippen molar-refractivity contribution in [1.29, 1.82) is 0 Å². The van der Waals surface area contributed by atoms with E-state index in [2.05, 4.69) is 91.3 Å². The molecule has 1 saturated heterocycles. The smallest absolute Gasteiger partial charge is 0.340 e.